The van der Waals surface area contributed by atoms with Crippen LogP contribution in [0, 0.1) is 11.6 Å². The van der Waals surface area contributed by atoms with Crippen molar-refractivity contribution in [1.29, 1.82) is 0 Å². The SMILES string of the molecule is Cc1c(-c2ccc(C(C)(C)C)cc2)[nH]cnc1=S. The van der Waals surface area contributed by atoms with E-state index in [0.29, 0.717) is 4.64 Å². The van der Waals surface area contributed by atoms with Crippen LogP contribution in [0.5, 0.6) is 0 Å². The highest BCUT2D eigenvalue weighted by Crippen LogP contribution is 2.26. The first-order valence-corrected chi connectivity index (χ1v) is 6.45. The molecule has 0 amide bonds. The van der Waals surface area contributed by atoms with E-state index < -0.39 is 0 Å². The molecule has 0 aliphatic carbocycles. The maximum Gasteiger partial charge on any atom is 0.132 e. The number of nitrogens with zero attached hydrogens (tertiary/aromatic N) is 1. The molecular formula is C15H18N2S. The van der Waals surface area contributed by atoms with Crippen LogP contribution in [0.15, 0.2) is 30.6 Å². The Bertz CT molecular complexity index is 604. The highest BCUT2D eigenvalue weighted by atomic mass is 32.1. The van der Waals surface area contributed by atoms with Crippen LogP contribution < -0.4 is 0 Å². The average Bonchev–Trinajstić information content (AvgIpc) is 2.32. The molecule has 2 nitrogen and oxygen atoms in total. The van der Waals surface area contributed by atoms with Crippen LogP contribution in [-0.4, -0.2) is 9.97 Å². The molecule has 0 aliphatic heterocycles. The summed E-state index contributed by atoms with van der Waals surface area (Å²) in [4.78, 5) is 7.26. The topological polar surface area (TPSA) is 28.7 Å². The van der Waals surface area contributed by atoms with Gasteiger partial charge < -0.3 is 4.98 Å². The zero-order valence-corrected chi connectivity index (χ0v) is 12.1. The third-order valence-electron chi connectivity index (χ3n) is 3.13. The number of nitrogens with one attached hydrogen (secondary N) is 1. The van der Waals surface area contributed by atoms with Crippen LogP contribution in [0.1, 0.15) is 31.9 Å². The fourth-order valence-electron chi connectivity index (χ4n) is 1.90. The number of benzene rings is 1. The Labute approximate surface area is 113 Å². The molecule has 0 atom stereocenters. The van der Waals surface area contributed by atoms with Crippen molar-refractivity contribution in [1.82, 2.24) is 9.97 Å². The first-order chi connectivity index (χ1) is 8.39. The van der Waals surface area contributed by atoms with E-state index in [9.17, 15) is 0 Å². The summed E-state index contributed by atoms with van der Waals surface area (Å²) in [6, 6.07) is 8.61. The normalized spacial score (nSPS) is 11.6. The Morgan fingerprint density at radius 3 is 2.28 bits per heavy atom. The van der Waals surface area contributed by atoms with Gasteiger partial charge in [0.1, 0.15) is 4.64 Å². The molecule has 0 radical (unpaired) electrons. The lowest BCUT2D eigenvalue weighted by atomic mass is 9.86. The van der Waals surface area contributed by atoms with Gasteiger partial charge in [0.05, 0.1) is 12.0 Å². The van der Waals surface area contributed by atoms with Crippen molar-refractivity contribution in [2.45, 2.75) is 33.1 Å². The molecule has 94 valence electrons. The Balaban J connectivity index is 2.47. The largest absolute Gasteiger partial charge is 0.346 e. The number of hydrogen-bond acceptors (Lipinski definition) is 2. The lowest BCUT2D eigenvalue weighted by Gasteiger charge is -2.19. The van der Waals surface area contributed by atoms with E-state index in [4.69, 9.17) is 12.2 Å². The molecule has 0 bridgehead atoms. The molecule has 0 fully saturated rings. The van der Waals surface area contributed by atoms with Crippen LogP contribution in [-0.2, 0) is 5.41 Å². The van der Waals surface area contributed by atoms with Crippen LogP contribution in [0.25, 0.3) is 11.3 Å². The number of aromatic nitrogens is 2. The summed E-state index contributed by atoms with van der Waals surface area (Å²) < 4.78 is 0.656. The molecule has 2 rings (SSSR count). The number of aromatic amines is 1. The molecule has 1 aromatic heterocycles. The lowest BCUT2D eigenvalue weighted by Crippen LogP contribution is -2.10. The van der Waals surface area contributed by atoms with Gasteiger partial charge in [0.25, 0.3) is 0 Å². The van der Waals surface area contributed by atoms with Gasteiger partial charge in [0, 0.05) is 5.56 Å². The number of hydrogen-bond donors (Lipinski definition) is 1. The lowest BCUT2D eigenvalue weighted by molar-refractivity contribution is 0.590. The van der Waals surface area contributed by atoms with Crippen molar-refractivity contribution < 1.29 is 0 Å². The Kier molecular flexibility index (Phi) is 3.35. The van der Waals surface area contributed by atoms with Crippen LogP contribution in [0.3, 0.4) is 0 Å². The average molecular weight is 258 g/mol. The smallest absolute Gasteiger partial charge is 0.132 e. The summed E-state index contributed by atoms with van der Waals surface area (Å²) in [5.74, 6) is 0. The van der Waals surface area contributed by atoms with Gasteiger partial charge in [-0.2, -0.15) is 0 Å². The van der Waals surface area contributed by atoms with Gasteiger partial charge in [0.15, 0.2) is 0 Å². The van der Waals surface area contributed by atoms with Crippen LogP contribution >= 0.6 is 12.2 Å². The van der Waals surface area contributed by atoms with E-state index in [1.807, 2.05) is 6.92 Å². The molecular weight excluding hydrogens is 240 g/mol. The van der Waals surface area contributed by atoms with E-state index in [2.05, 4.69) is 55.0 Å². The zero-order valence-electron chi connectivity index (χ0n) is 11.2. The minimum Gasteiger partial charge on any atom is -0.346 e. The molecule has 2 aromatic rings. The molecule has 0 spiro atoms. The highest BCUT2D eigenvalue weighted by molar-refractivity contribution is 7.71. The van der Waals surface area contributed by atoms with Gasteiger partial charge in [-0.15, -0.1) is 0 Å². The number of rotatable bonds is 1. The van der Waals surface area contributed by atoms with E-state index in [1.54, 1.807) is 6.33 Å². The molecule has 1 N–H and O–H groups in total. The first-order valence-electron chi connectivity index (χ1n) is 6.05. The molecule has 1 aromatic carbocycles. The quantitative estimate of drug-likeness (QED) is 0.767. The van der Waals surface area contributed by atoms with E-state index in [-0.39, 0.29) is 5.41 Å². The fraction of sp³-hybridized carbons (Fsp3) is 0.333. The van der Waals surface area contributed by atoms with E-state index >= 15 is 0 Å². The van der Waals surface area contributed by atoms with Crippen molar-refractivity contribution in [3.05, 3.63) is 46.4 Å². The summed E-state index contributed by atoms with van der Waals surface area (Å²) in [5.41, 5.74) is 4.73. The minimum absolute atomic E-state index is 0.179. The summed E-state index contributed by atoms with van der Waals surface area (Å²) in [6.07, 6.45) is 1.66. The van der Waals surface area contributed by atoms with Crippen molar-refractivity contribution in [3.8, 4) is 11.3 Å². The second-order valence-corrected chi connectivity index (χ2v) is 5.92. The zero-order chi connectivity index (χ0) is 13.3. The molecule has 0 saturated heterocycles. The predicted octanol–water partition coefficient (Wildman–Crippen LogP) is 4.41. The van der Waals surface area contributed by atoms with Crippen molar-refractivity contribution >= 4 is 12.2 Å². The molecule has 0 aliphatic rings. The standard InChI is InChI=1S/C15H18N2S/c1-10-13(16-9-17-14(10)18)11-5-7-12(8-6-11)15(2,3)4/h5-9H,1-4H3,(H,16,17,18). The molecule has 18 heavy (non-hydrogen) atoms. The van der Waals surface area contributed by atoms with E-state index in [1.165, 1.54) is 5.56 Å². The van der Waals surface area contributed by atoms with Crippen molar-refractivity contribution in [2.24, 2.45) is 0 Å². The molecule has 1 heterocycles. The fourth-order valence-corrected chi connectivity index (χ4v) is 2.06. The van der Waals surface area contributed by atoms with Gasteiger partial charge in [-0.1, -0.05) is 57.3 Å². The van der Waals surface area contributed by atoms with E-state index in [0.717, 1.165) is 16.8 Å². The van der Waals surface area contributed by atoms with Gasteiger partial charge in [-0.25, -0.2) is 4.98 Å². The van der Waals surface area contributed by atoms with Crippen LogP contribution in [0.2, 0.25) is 0 Å². The molecule has 0 unspecified atom stereocenters. The van der Waals surface area contributed by atoms with Gasteiger partial charge in [0.2, 0.25) is 0 Å². The third-order valence-corrected chi connectivity index (χ3v) is 3.54. The van der Waals surface area contributed by atoms with Crippen molar-refractivity contribution in [2.75, 3.05) is 0 Å². The Hall–Kier alpha value is -1.48. The second kappa shape index (κ2) is 4.65. The van der Waals surface area contributed by atoms with Crippen molar-refractivity contribution in [3.63, 3.8) is 0 Å². The van der Waals surface area contributed by atoms with Gasteiger partial charge >= 0.3 is 0 Å². The maximum atomic E-state index is 5.19. The van der Waals surface area contributed by atoms with Crippen LogP contribution in [0.4, 0.5) is 0 Å². The molecule has 0 saturated carbocycles. The Morgan fingerprint density at radius 2 is 1.72 bits per heavy atom. The second-order valence-electron chi connectivity index (χ2n) is 5.54. The maximum absolute atomic E-state index is 5.19. The molecule has 3 heteroatoms. The summed E-state index contributed by atoms with van der Waals surface area (Å²) >= 11 is 5.19. The van der Waals surface area contributed by atoms with Gasteiger partial charge in [-0.05, 0) is 23.5 Å². The number of H-pyrrole nitrogens is 1. The third kappa shape index (κ3) is 2.51. The highest BCUT2D eigenvalue weighted by Gasteiger charge is 2.13. The Morgan fingerprint density at radius 1 is 1.11 bits per heavy atom. The monoisotopic (exact) mass is 258 g/mol. The summed E-state index contributed by atoms with van der Waals surface area (Å²) in [6.45, 7) is 8.65. The minimum atomic E-state index is 0.179. The first kappa shape index (κ1) is 13.0. The summed E-state index contributed by atoms with van der Waals surface area (Å²) in [5, 5.41) is 0. The van der Waals surface area contributed by atoms with Gasteiger partial charge in [-0.3, -0.25) is 0 Å². The predicted molar refractivity (Wildman–Crippen MR) is 78.3 cm³/mol. The summed E-state index contributed by atoms with van der Waals surface area (Å²) in [7, 11) is 0.